The number of thiazole rings is 1. The third-order valence-corrected chi connectivity index (χ3v) is 5.03. The van der Waals surface area contributed by atoms with Crippen molar-refractivity contribution in [2.75, 3.05) is 0 Å². The largest absolute Gasteiger partial charge is 0.434 e. The molecule has 0 aromatic carbocycles. The minimum atomic E-state index is -4.33. The van der Waals surface area contributed by atoms with Crippen LogP contribution in [0.1, 0.15) is 60.0 Å². The summed E-state index contributed by atoms with van der Waals surface area (Å²) in [6.45, 7) is 0.309. The van der Waals surface area contributed by atoms with Crippen LogP contribution < -0.4 is 5.32 Å². The molecule has 0 unspecified atom stereocenters. The van der Waals surface area contributed by atoms with E-state index in [-0.39, 0.29) is 5.92 Å². The fraction of sp³-hybridized carbons (Fsp3) is 0.769. The molecule has 2 saturated carbocycles. The average Bonchev–Trinajstić information content (AvgIpc) is 2.87. The molecule has 2 nitrogen and oxygen atoms in total. The highest BCUT2D eigenvalue weighted by atomic mass is 32.1. The summed E-state index contributed by atoms with van der Waals surface area (Å²) in [6, 6.07) is 0.415. The molecule has 0 spiro atoms. The summed E-state index contributed by atoms with van der Waals surface area (Å²) < 4.78 is 39.0. The third kappa shape index (κ3) is 3.11. The molecule has 6 heteroatoms. The molecule has 2 fully saturated rings. The smallest absolute Gasteiger partial charge is 0.309 e. The van der Waals surface area contributed by atoms with Gasteiger partial charge in [-0.15, -0.1) is 11.3 Å². The van der Waals surface area contributed by atoms with Gasteiger partial charge in [0.1, 0.15) is 0 Å². The molecule has 1 aromatic heterocycles. The van der Waals surface area contributed by atoms with Crippen molar-refractivity contribution in [3.05, 3.63) is 15.6 Å². The van der Waals surface area contributed by atoms with Crippen LogP contribution in [0.25, 0.3) is 0 Å². The zero-order valence-electron chi connectivity index (χ0n) is 10.6. The Morgan fingerprint density at radius 2 is 1.84 bits per heavy atom. The highest BCUT2D eigenvalue weighted by molar-refractivity contribution is 7.11. The van der Waals surface area contributed by atoms with Crippen LogP contribution in [0.5, 0.6) is 0 Å². The molecule has 0 atom stereocenters. The predicted octanol–water partition coefficient (Wildman–Crippen LogP) is 4.07. The molecular formula is C13H17F3N2S. The lowest BCUT2D eigenvalue weighted by Crippen LogP contribution is -2.18. The van der Waals surface area contributed by atoms with Crippen molar-refractivity contribution < 1.29 is 13.2 Å². The van der Waals surface area contributed by atoms with Crippen LogP contribution in [0.2, 0.25) is 0 Å². The molecule has 2 aliphatic rings. The van der Waals surface area contributed by atoms with E-state index in [0.29, 0.717) is 22.5 Å². The number of halogens is 3. The third-order valence-electron chi connectivity index (χ3n) is 3.82. The summed E-state index contributed by atoms with van der Waals surface area (Å²) in [4.78, 5) is 4.28. The van der Waals surface area contributed by atoms with Gasteiger partial charge in [-0.2, -0.15) is 13.2 Å². The SMILES string of the molecule is FC(F)(F)c1nc(C2CCCC2)sc1CNC1CC1. The van der Waals surface area contributed by atoms with E-state index in [9.17, 15) is 13.2 Å². The molecule has 1 aromatic rings. The maximum Gasteiger partial charge on any atom is 0.434 e. The Kier molecular flexibility index (Phi) is 3.55. The summed E-state index contributed by atoms with van der Waals surface area (Å²) in [6.07, 6.45) is 2.03. The molecular weight excluding hydrogens is 273 g/mol. The van der Waals surface area contributed by atoms with Crippen LogP contribution in [0, 0.1) is 0 Å². The van der Waals surface area contributed by atoms with E-state index in [4.69, 9.17) is 0 Å². The number of hydrogen-bond acceptors (Lipinski definition) is 3. The molecule has 0 aliphatic heterocycles. The number of rotatable bonds is 4. The second kappa shape index (κ2) is 5.05. The van der Waals surface area contributed by atoms with E-state index in [0.717, 1.165) is 38.5 Å². The van der Waals surface area contributed by atoms with E-state index in [1.54, 1.807) is 0 Å². The van der Waals surface area contributed by atoms with Gasteiger partial charge in [0.15, 0.2) is 5.69 Å². The zero-order valence-corrected chi connectivity index (χ0v) is 11.4. The number of aromatic nitrogens is 1. The number of nitrogens with one attached hydrogen (secondary N) is 1. The van der Waals surface area contributed by atoms with E-state index >= 15 is 0 Å². The van der Waals surface area contributed by atoms with Crippen molar-refractivity contribution in [3.63, 3.8) is 0 Å². The quantitative estimate of drug-likeness (QED) is 0.904. The van der Waals surface area contributed by atoms with E-state index in [2.05, 4.69) is 10.3 Å². The van der Waals surface area contributed by atoms with Gasteiger partial charge in [-0.05, 0) is 25.7 Å². The Morgan fingerprint density at radius 1 is 1.16 bits per heavy atom. The molecule has 2 aliphatic carbocycles. The minimum Gasteiger partial charge on any atom is -0.309 e. The Bertz CT molecular complexity index is 445. The Balaban J connectivity index is 1.81. The molecule has 0 saturated heterocycles. The first-order chi connectivity index (χ1) is 9.04. The van der Waals surface area contributed by atoms with Gasteiger partial charge in [0.2, 0.25) is 0 Å². The van der Waals surface area contributed by atoms with Gasteiger partial charge in [-0.1, -0.05) is 12.8 Å². The van der Waals surface area contributed by atoms with Crippen molar-refractivity contribution >= 4 is 11.3 Å². The Morgan fingerprint density at radius 3 is 2.42 bits per heavy atom. The first-order valence-corrected chi connectivity index (χ1v) is 7.66. The lowest BCUT2D eigenvalue weighted by Gasteiger charge is -2.06. The lowest BCUT2D eigenvalue weighted by molar-refractivity contribution is -0.141. The second-order valence-corrected chi connectivity index (χ2v) is 6.57. The van der Waals surface area contributed by atoms with Crippen molar-refractivity contribution in [2.45, 2.75) is 63.2 Å². The van der Waals surface area contributed by atoms with Crippen molar-refractivity contribution in [1.29, 1.82) is 0 Å². The van der Waals surface area contributed by atoms with Crippen LogP contribution in [-0.2, 0) is 12.7 Å². The summed E-state index contributed by atoms with van der Waals surface area (Å²) in [5.41, 5.74) is -0.660. The Labute approximate surface area is 114 Å². The lowest BCUT2D eigenvalue weighted by atomic mass is 10.1. The van der Waals surface area contributed by atoms with E-state index in [1.807, 2.05) is 0 Å². The van der Waals surface area contributed by atoms with Gasteiger partial charge in [0, 0.05) is 18.5 Å². The summed E-state index contributed by atoms with van der Waals surface area (Å²) in [7, 11) is 0. The van der Waals surface area contributed by atoms with Crippen LogP contribution in [0.3, 0.4) is 0 Å². The van der Waals surface area contributed by atoms with Crippen molar-refractivity contribution in [2.24, 2.45) is 0 Å². The van der Waals surface area contributed by atoms with Gasteiger partial charge < -0.3 is 5.32 Å². The normalized spacial score (nSPS) is 21.2. The van der Waals surface area contributed by atoms with Crippen LogP contribution in [0.4, 0.5) is 13.2 Å². The standard InChI is InChI=1S/C13H17F3N2S/c14-13(15,16)11-10(7-17-9-5-6-9)19-12(18-11)8-3-1-2-4-8/h8-9,17H,1-7H2. The average molecular weight is 290 g/mol. The number of hydrogen-bond donors (Lipinski definition) is 1. The number of nitrogens with zero attached hydrogens (tertiary/aromatic N) is 1. The summed E-state index contributed by atoms with van der Waals surface area (Å²) >= 11 is 1.26. The van der Waals surface area contributed by atoms with Gasteiger partial charge in [-0.25, -0.2) is 4.98 Å². The first-order valence-electron chi connectivity index (χ1n) is 6.84. The van der Waals surface area contributed by atoms with Gasteiger partial charge in [0.25, 0.3) is 0 Å². The first kappa shape index (κ1) is 13.4. The van der Waals surface area contributed by atoms with E-state index in [1.165, 1.54) is 11.3 Å². The maximum absolute atomic E-state index is 13.0. The maximum atomic E-state index is 13.0. The van der Waals surface area contributed by atoms with Crippen molar-refractivity contribution in [3.8, 4) is 0 Å². The van der Waals surface area contributed by atoms with Gasteiger partial charge in [0.05, 0.1) is 9.88 Å². The predicted molar refractivity (Wildman–Crippen MR) is 68.2 cm³/mol. The second-order valence-electron chi connectivity index (χ2n) is 5.46. The van der Waals surface area contributed by atoms with Crippen LogP contribution in [0.15, 0.2) is 0 Å². The molecule has 1 N–H and O–H groups in total. The molecule has 3 rings (SSSR count). The van der Waals surface area contributed by atoms with E-state index < -0.39 is 11.9 Å². The fourth-order valence-corrected chi connectivity index (χ4v) is 3.79. The van der Waals surface area contributed by atoms with Crippen molar-refractivity contribution in [1.82, 2.24) is 10.3 Å². The topological polar surface area (TPSA) is 24.9 Å². The minimum absolute atomic E-state index is 0.251. The zero-order chi connectivity index (χ0) is 13.5. The molecule has 106 valence electrons. The van der Waals surface area contributed by atoms with Gasteiger partial charge >= 0.3 is 6.18 Å². The number of alkyl halides is 3. The highest BCUT2D eigenvalue weighted by Crippen LogP contribution is 2.41. The fourth-order valence-electron chi connectivity index (χ4n) is 2.58. The molecule has 0 bridgehead atoms. The molecule has 1 heterocycles. The molecule has 19 heavy (non-hydrogen) atoms. The summed E-state index contributed by atoms with van der Waals surface area (Å²) in [5, 5.41) is 3.85. The summed E-state index contributed by atoms with van der Waals surface area (Å²) in [5.74, 6) is 0.251. The van der Waals surface area contributed by atoms with Crippen LogP contribution in [-0.4, -0.2) is 11.0 Å². The monoisotopic (exact) mass is 290 g/mol. The Hall–Kier alpha value is -0.620. The molecule has 0 amide bonds. The highest BCUT2D eigenvalue weighted by Gasteiger charge is 2.38. The van der Waals surface area contributed by atoms with Gasteiger partial charge in [-0.3, -0.25) is 0 Å². The van der Waals surface area contributed by atoms with Crippen LogP contribution >= 0.6 is 11.3 Å². The molecule has 0 radical (unpaired) electrons.